The van der Waals surface area contributed by atoms with E-state index in [-0.39, 0.29) is 27.6 Å². The van der Waals surface area contributed by atoms with E-state index in [0.29, 0.717) is 35.7 Å². The number of carbonyl (C=O) groups is 1. The van der Waals surface area contributed by atoms with Crippen LogP contribution < -0.4 is 5.32 Å². The number of hydrogen-bond acceptors (Lipinski definition) is 6. The summed E-state index contributed by atoms with van der Waals surface area (Å²) in [4.78, 5) is 13.9. The molecule has 2 aromatic rings. The first kappa shape index (κ1) is 23.3. The van der Waals surface area contributed by atoms with Gasteiger partial charge in [0.25, 0.3) is 5.91 Å². The third-order valence-electron chi connectivity index (χ3n) is 5.66. The summed E-state index contributed by atoms with van der Waals surface area (Å²) in [7, 11) is -6.61. The number of sulfonamides is 1. The Morgan fingerprint density at radius 1 is 1.03 bits per heavy atom. The molecule has 1 atom stereocenters. The molecule has 0 spiro atoms. The Morgan fingerprint density at radius 3 is 2.50 bits per heavy atom. The average molecular weight is 495 g/mol. The van der Waals surface area contributed by atoms with Gasteiger partial charge in [-0.25, -0.2) is 16.8 Å². The van der Waals surface area contributed by atoms with Crippen LogP contribution in [0.1, 0.15) is 36.0 Å². The van der Waals surface area contributed by atoms with Gasteiger partial charge in [0.2, 0.25) is 10.0 Å². The second kappa shape index (κ2) is 9.54. The number of rotatable bonds is 6. The number of hydrogen-bond donors (Lipinski definition) is 1. The first-order chi connectivity index (χ1) is 15.2. The third-order valence-corrected chi connectivity index (χ3v) is 10.9. The molecule has 4 rings (SSSR count). The van der Waals surface area contributed by atoms with Crippen LogP contribution in [0.15, 0.2) is 58.3 Å². The lowest BCUT2D eigenvalue weighted by atomic mass is 10.2. The highest BCUT2D eigenvalue weighted by Gasteiger charge is 2.30. The Labute approximate surface area is 193 Å². The molecule has 32 heavy (non-hydrogen) atoms. The van der Waals surface area contributed by atoms with Crippen LogP contribution in [0.5, 0.6) is 0 Å². The Hall–Kier alpha value is -1.88. The van der Waals surface area contributed by atoms with Gasteiger partial charge in [-0.3, -0.25) is 4.79 Å². The molecule has 0 aliphatic carbocycles. The Morgan fingerprint density at radius 2 is 1.78 bits per heavy atom. The van der Waals surface area contributed by atoms with Crippen LogP contribution in [-0.4, -0.2) is 56.9 Å². The maximum atomic E-state index is 13.0. The monoisotopic (exact) mass is 494 g/mol. The number of amides is 1. The van der Waals surface area contributed by atoms with Crippen LogP contribution in [0, 0.1) is 0 Å². The molecule has 1 amide bonds. The number of nitrogens with one attached hydrogen (secondary N) is 1. The normalized spacial score (nSPS) is 21.3. The lowest BCUT2D eigenvalue weighted by molar-refractivity contribution is 0.102. The summed E-state index contributed by atoms with van der Waals surface area (Å²) in [6, 6.07) is 13.4. The first-order valence-electron chi connectivity index (χ1n) is 10.6. The van der Waals surface area contributed by atoms with Crippen molar-refractivity contribution in [2.24, 2.45) is 0 Å². The summed E-state index contributed by atoms with van der Waals surface area (Å²) < 4.78 is 51.0. The van der Waals surface area contributed by atoms with Crippen molar-refractivity contribution >= 4 is 43.2 Å². The fourth-order valence-electron chi connectivity index (χ4n) is 3.98. The molecular formula is C22H26N2O5S3. The number of carbonyl (C=O) groups excluding carboxylic acids is 1. The minimum Gasteiger partial charge on any atom is -0.322 e. The van der Waals surface area contributed by atoms with Crippen molar-refractivity contribution in [1.29, 1.82) is 0 Å². The second-order valence-electron chi connectivity index (χ2n) is 8.09. The van der Waals surface area contributed by atoms with E-state index >= 15 is 0 Å². The highest BCUT2D eigenvalue weighted by molar-refractivity contribution is 8.02. The van der Waals surface area contributed by atoms with Crippen LogP contribution in [0.2, 0.25) is 0 Å². The van der Waals surface area contributed by atoms with Crippen molar-refractivity contribution in [3.8, 4) is 0 Å². The number of nitrogens with zero attached hydrogens (tertiary/aromatic N) is 1. The molecule has 2 aromatic carbocycles. The predicted octanol–water partition coefficient (Wildman–Crippen LogP) is 3.39. The third kappa shape index (κ3) is 5.36. The SMILES string of the molecule is O=C(Nc1cccc(S(=O)(=O)N2CCCCC2)c1)c1ccccc1SC1CCS(=O)(=O)C1. The quantitative estimate of drug-likeness (QED) is 0.661. The zero-order chi connectivity index (χ0) is 22.8. The van der Waals surface area contributed by atoms with Crippen LogP contribution in [0.4, 0.5) is 5.69 Å². The zero-order valence-corrected chi connectivity index (χ0v) is 20.0. The highest BCUT2D eigenvalue weighted by Crippen LogP contribution is 2.33. The van der Waals surface area contributed by atoms with Gasteiger partial charge in [-0.05, 0) is 49.6 Å². The van der Waals surface area contributed by atoms with Gasteiger partial charge >= 0.3 is 0 Å². The van der Waals surface area contributed by atoms with E-state index in [1.165, 1.54) is 22.1 Å². The number of benzene rings is 2. The summed E-state index contributed by atoms with van der Waals surface area (Å²) in [5.41, 5.74) is 0.836. The summed E-state index contributed by atoms with van der Waals surface area (Å²) in [5.74, 6) is -0.0668. The van der Waals surface area contributed by atoms with E-state index in [4.69, 9.17) is 0 Å². The second-order valence-corrected chi connectivity index (χ2v) is 13.6. The minimum atomic E-state index is -3.60. The molecule has 10 heteroatoms. The average Bonchev–Trinajstić information content (AvgIpc) is 3.13. The van der Waals surface area contributed by atoms with Gasteiger partial charge in [0, 0.05) is 28.9 Å². The smallest absolute Gasteiger partial charge is 0.256 e. The van der Waals surface area contributed by atoms with Crippen molar-refractivity contribution in [2.45, 2.75) is 40.7 Å². The van der Waals surface area contributed by atoms with E-state index < -0.39 is 19.9 Å². The van der Waals surface area contributed by atoms with Gasteiger partial charge in [-0.15, -0.1) is 11.8 Å². The van der Waals surface area contributed by atoms with Gasteiger partial charge in [-0.2, -0.15) is 4.31 Å². The molecule has 2 aliphatic heterocycles. The van der Waals surface area contributed by atoms with Crippen LogP contribution in [0.25, 0.3) is 0 Å². The molecule has 0 radical (unpaired) electrons. The van der Waals surface area contributed by atoms with Crippen molar-refractivity contribution in [3.63, 3.8) is 0 Å². The van der Waals surface area contributed by atoms with Gasteiger partial charge < -0.3 is 5.32 Å². The van der Waals surface area contributed by atoms with E-state index in [9.17, 15) is 21.6 Å². The van der Waals surface area contributed by atoms with Gasteiger partial charge in [-0.1, -0.05) is 24.6 Å². The molecule has 2 aliphatic rings. The van der Waals surface area contributed by atoms with Gasteiger partial charge in [0.15, 0.2) is 9.84 Å². The molecule has 172 valence electrons. The fourth-order valence-corrected chi connectivity index (χ4v) is 9.17. The molecule has 2 fully saturated rings. The highest BCUT2D eigenvalue weighted by atomic mass is 32.2. The topological polar surface area (TPSA) is 101 Å². The van der Waals surface area contributed by atoms with Crippen molar-refractivity contribution < 1.29 is 21.6 Å². The zero-order valence-electron chi connectivity index (χ0n) is 17.6. The van der Waals surface area contributed by atoms with Crippen LogP contribution >= 0.6 is 11.8 Å². The lowest BCUT2D eigenvalue weighted by Gasteiger charge is -2.26. The summed E-state index contributed by atoms with van der Waals surface area (Å²) in [5, 5.41) is 2.72. The number of piperidine rings is 1. The van der Waals surface area contributed by atoms with Gasteiger partial charge in [0.1, 0.15) is 0 Å². The molecule has 2 saturated heterocycles. The summed E-state index contributed by atoms with van der Waals surface area (Å²) in [6.45, 7) is 1.03. The van der Waals surface area contributed by atoms with E-state index in [1.54, 1.807) is 30.3 Å². The van der Waals surface area contributed by atoms with Crippen LogP contribution in [-0.2, 0) is 19.9 Å². The number of sulfone groups is 1. The minimum absolute atomic E-state index is 0.0769. The van der Waals surface area contributed by atoms with Crippen molar-refractivity contribution in [3.05, 3.63) is 54.1 Å². The molecule has 0 saturated carbocycles. The molecule has 2 heterocycles. The summed E-state index contributed by atoms with van der Waals surface area (Å²) >= 11 is 1.40. The maximum Gasteiger partial charge on any atom is 0.256 e. The summed E-state index contributed by atoms with van der Waals surface area (Å²) in [6.07, 6.45) is 3.31. The van der Waals surface area contributed by atoms with E-state index in [1.807, 2.05) is 12.1 Å². The Balaban J connectivity index is 1.51. The molecule has 0 bridgehead atoms. The van der Waals surface area contributed by atoms with Crippen LogP contribution in [0.3, 0.4) is 0 Å². The largest absolute Gasteiger partial charge is 0.322 e. The first-order valence-corrected chi connectivity index (χ1v) is 14.8. The maximum absolute atomic E-state index is 13.0. The Bertz CT molecular complexity index is 1210. The van der Waals surface area contributed by atoms with Crippen molar-refractivity contribution in [2.75, 3.05) is 29.9 Å². The molecular weight excluding hydrogens is 468 g/mol. The van der Waals surface area contributed by atoms with E-state index in [2.05, 4.69) is 5.32 Å². The number of anilines is 1. The lowest BCUT2D eigenvalue weighted by Crippen LogP contribution is -2.35. The predicted molar refractivity (Wildman–Crippen MR) is 126 cm³/mol. The fraction of sp³-hybridized carbons (Fsp3) is 0.409. The number of thioether (sulfide) groups is 1. The standard InChI is InChI=1S/C22H26N2O5S3/c25-22(20-9-2-3-10-21(20)30-18-11-14-31(26,27)16-18)23-17-7-6-8-19(15-17)32(28,29)24-12-4-1-5-13-24/h2-3,6-10,15,18H,1,4-5,11-14,16H2,(H,23,25). The molecule has 7 nitrogen and oxygen atoms in total. The molecule has 1 unspecified atom stereocenters. The van der Waals surface area contributed by atoms with Crippen molar-refractivity contribution in [1.82, 2.24) is 4.31 Å². The molecule has 0 aromatic heterocycles. The van der Waals surface area contributed by atoms with Gasteiger partial charge in [0.05, 0.1) is 22.0 Å². The Kier molecular flexibility index (Phi) is 6.94. The van der Waals surface area contributed by atoms with E-state index in [0.717, 1.165) is 19.3 Å². The molecule has 1 N–H and O–H groups in total.